The number of hydrogen-bond acceptors (Lipinski definition) is 4. The fourth-order valence-corrected chi connectivity index (χ4v) is 3.42. The highest BCUT2D eigenvalue weighted by atomic mass is 16.4. The molecule has 8 nitrogen and oxygen atoms in total. The SMILES string of the molecule is CCC(=O)N[C@@H](C)C(=O)N1CCC[C@H]1C(=O)N1CCC[C@H]1C(=O)O. The van der Waals surface area contributed by atoms with Crippen molar-refractivity contribution in [1.29, 1.82) is 0 Å². The standard InChI is InChI=1S/C16H25N3O5/c1-3-13(20)17-10(2)14(21)18-8-4-6-11(18)15(22)19-9-5-7-12(19)16(23)24/h10-12H,3-9H2,1-2H3,(H,17,20)(H,23,24)/t10-,11-,12-/m0/s1. The van der Waals surface area contributed by atoms with Gasteiger partial charge in [-0.1, -0.05) is 6.92 Å². The van der Waals surface area contributed by atoms with Gasteiger partial charge in [0.05, 0.1) is 0 Å². The van der Waals surface area contributed by atoms with E-state index in [1.807, 2.05) is 0 Å². The van der Waals surface area contributed by atoms with Crippen LogP contribution >= 0.6 is 0 Å². The van der Waals surface area contributed by atoms with Crippen molar-refractivity contribution in [2.45, 2.75) is 64.1 Å². The fraction of sp³-hybridized carbons (Fsp3) is 0.750. The first-order valence-corrected chi connectivity index (χ1v) is 8.50. The fourth-order valence-electron chi connectivity index (χ4n) is 3.42. The van der Waals surface area contributed by atoms with Gasteiger partial charge in [0.2, 0.25) is 17.7 Å². The van der Waals surface area contributed by atoms with Crippen molar-refractivity contribution in [3.05, 3.63) is 0 Å². The number of amides is 3. The van der Waals surface area contributed by atoms with Crippen LogP contribution in [0, 0.1) is 0 Å². The largest absolute Gasteiger partial charge is 0.480 e. The average Bonchev–Trinajstić information content (AvgIpc) is 3.22. The van der Waals surface area contributed by atoms with Crippen LogP contribution in [0.5, 0.6) is 0 Å². The predicted molar refractivity (Wildman–Crippen MR) is 85.0 cm³/mol. The second kappa shape index (κ2) is 7.63. The van der Waals surface area contributed by atoms with Gasteiger partial charge in [0.1, 0.15) is 18.1 Å². The molecule has 134 valence electrons. The molecule has 0 aromatic rings. The summed E-state index contributed by atoms with van der Waals surface area (Å²) in [6, 6.07) is -2.12. The smallest absolute Gasteiger partial charge is 0.326 e. The molecular formula is C16H25N3O5. The summed E-state index contributed by atoms with van der Waals surface area (Å²) in [6.45, 7) is 4.17. The number of nitrogens with one attached hydrogen (secondary N) is 1. The minimum Gasteiger partial charge on any atom is -0.480 e. The first-order chi connectivity index (χ1) is 11.4. The van der Waals surface area contributed by atoms with Crippen LogP contribution < -0.4 is 5.32 Å². The number of carboxylic acid groups (broad SMARTS) is 1. The second-order valence-electron chi connectivity index (χ2n) is 6.36. The molecule has 2 fully saturated rings. The van der Waals surface area contributed by atoms with Crippen molar-refractivity contribution >= 4 is 23.7 Å². The highest BCUT2D eigenvalue weighted by Crippen LogP contribution is 2.25. The molecule has 8 heteroatoms. The lowest BCUT2D eigenvalue weighted by Crippen LogP contribution is -2.54. The Bertz CT molecular complexity index is 536. The molecule has 0 aliphatic carbocycles. The van der Waals surface area contributed by atoms with Gasteiger partial charge in [0.15, 0.2) is 0 Å². The third-order valence-electron chi connectivity index (χ3n) is 4.71. The van der Waals surface area contributed by atoms with Crippen LogP contribution in [0.3, 0.4) is 0 Å². The van der Waals surface area contributed by atoms with Gasteiger partial charge < -0.3 is 20.2 Å². The molecule has 0 bridgehead atoms. The summed E-state index contributed by atoms with van der Waals surface area (Å²) in [5.41, 5.74) is 0. The zero-order valence-electron chi connectivity index (χ0n) is 14.2. The minimum atomic E-state index is -1.000. The Morgan fingerprint density at radius 2 is 1.67 bits per heavy atom. The van der Waals surface area contributed by atoms with E-state index in [2.05, 4.69) is 5.32 Å². The highest BCUT2D eigenvalue weighted by Gasteiger charge is 2.42. The number of rotatable bonds is 5. The van der Waals surface area contributed by atoms with Gasteiger partial charge >= 0.3 is 5.97 Å². The van der Waals surface area contributed by atoms with E-state index in [4.69, 9.17) is 0 Å². The van der Waals surface area contributed by atoms with Gasteiger partial charge in [0.25, 0.3) is 0 Å². The minimum absolute atomic E-state index is 0.219. The maximum absolute atomic E-state index is 12.8. The molecule has 24 heavy (non-hydrogen) atoms. The van der Waals surface area contributed by atoms with E-state index < -0.39 is 24.1 Å². The zero-order chi connectivity index (χ0) is 17.9. The normalized spacial score (nSPS) is 24.8. The van der Waals surface area contributed by atoms with Crippen LogP contribution in [0.15, 0.2) is 0 Å². The van der Waals surface area contributed by atoms with E-state index in [0.717, 1.165) is 0 Å². The Kier molecular flexibility index (Phi) is 5.80. The number of nitrogens with zero attached hydrogens (tertiary/aromatic N) is 2. The summed E-state index contributed by atoms with van der Waals surface area (Å²) in [7, 11) is 0. The van der Waals surface area contributed by atoms with E-state index in [0.29, 0.717) is 38.8 Å². The Balaban J connectivity index is 2.06. The lowest BCUT2D eigenvalue weighted by Gasteiger charge is -2.31. The van der Waals surface area contributed by atoms with Gasteiger partial charge in [-0.2, -0.15) is 0 Å². The molecule has 2 saturated heterocycles. The summed E-state index contributed by atoms with van der Waals surface area (Å²) in [6.07, 6.45) is 2.62. The van der Waals surface area contributed by atoms with E-state index in [-0.39, 0.29) is 24.1 Å². The Morgan fingerprint density at radius 1 is 1.08 bits per heavy atom. The molecule has 2 rings (SSSR count). The van der Waals surface area contributed by atoms with Crippen molar-refractivity contribution in [3.63, 3.8) is 0 Å². The maximum atomic E-state index is 12.8. The number of carbonyl (C=O) groups excluding carboxylic acids is 3. The van der Waals surface area contributed by atoms with Crippen molar-refractivity contribution in [2.75, 3.05) is 13.1 Å². The quantitative estimate of drug-likeness (QED) is 0.731. The Hall–Kier alpha value is -2.12. The lowest BCUT2D eigenvalue weighted by molar-refractivity contribution is -0.152. The topological polar surface area (TPSA) is 107 Å². The number of hydrogen-bond donors (Lipinski definition) is 2. The molecule has 0 radical (unpaired) electrons. The molecule has 2 N–H and O–H groups in total. The third kappa shape index (κ3) is 3.68. The molecule has 3 atom stereocenters. The molecule has 0 aromatic heterocycles. The average molecular weight is 339 g/mol. The third-order valence-corrected chi connectivity index (χ3v) is 4.71. The second-order valence-corrected chi connectivity index (χ2v) is 6.36. The van der Waals surface area contributed by atoms with Crippen molar-refractivity contribution < 1.29 is 24.3 Å². The summed E-state index contributed by atoms with van der Waals surface area (Å²) < 4.78 is 0. The number of carbonyl (C=O) groups is 4. The van der Waals surface area contributed by atoms with Crippen molar-refractivity contribution in [2.24, 2.45) is 0 Å². The zero-order valence-corrected chi connectivity index (χ0v) is 14.2. The summed E-state index contributed by atoms with van der Waals surface area (Å²) in [5.74, 6) is -1.80. The highest BCUT2D eigenvalue weighted by molar-refractivity contribution is 5.93. The predicted octanol–water partition coefficient (Wildman–Crippen LogP) is -0.0323. The molecular weight excluding hydrogens is 314 g/mol. The van der Waals surface area contributed by atoms with Crippen molar-refractivity contribution in [1.82, 2.24) is 15.1 Å². The van der Waals surface area contributed by atoms with Crippen LogP contribution in [-0.4, -0.2) is 69.8 Å². The summed E-state index contributed by atoms with van der Waals surface area (Å²) in [5, 5.41) is 11.9. The number of aliphatic carboxylic acids is 1. The molecule has 2 aliphatic rings. The Morgan fingerprint density at radius 3 is 2.25 bits per heavy atom. The van der Waals surface area contributed by atoms with E-state index in [9.17, 15) is 24.3 Å². The molecule has 0 saturated carbocycles. The van der Waals surface area contributed by atoms with Gasteiger partial charge in [-0.05, 0) is 32.6 Å². The lowest BCUT2D eigenvalue weighted by atomic mass is 10.1. The van der Waals surface area contributed by atoms with E-state index >= 15 is 0 Å². The van der Waals surface area contributed by atoms with Crippen LogP contribution in [-0.2, 0) is 19.2 Å². The molecule has 0 spiro atoms. The molecule has 0 aromatic carbocycles. The monoisotopic (exact) mass is 339 g/mol. The molecule has 2 aliphatic heterocycles. The molecule has 3 amide bonds. The molecule has 2 heterocycles. The van der Waals surface area contributed by atoms with Crippen LogP contribution in [0.1, 0.15) is 46.0 Å². The first kappa shape index (κ1) is 18.2. The summed E-state index contributed by atoms with van der Waals surface area (Å²) in [4.78, 5) is 50.9. The number of likely N-dealkylation sites (tertiary alicyclic amines) is 2. The maximum Gasteiger partial charge on any atom is 0.326 e. The van der Waals surface area contributed by atoms with Crippen molar-refractivity contribution in [3.8, 4) is 0 Å². The van der Waals surface area contributed by atoms with Gasteiger partial charge in [-0.25, -0.2) is 4.79 Å². The van der Waals surface area contributed by atoms with Gasteiger partial charge in [-0.3, -0.25) is 14.4 Å². The van der Waals surface area contributed by atoms with Gasteiger partial charge in [-0.15, -0.1) is 0 Å². The first-order valence-electron chi connectivity index (χ1n) is 8.50. The number of carboxylic acids is 1. The Labute approximate surface area is 141 Å². The van der Waals surface area contributed by atoms with Gasteiger partial charge in [0, 0.05) is 19.5 Å². The summed E-state index contributed by atoms with van der Waals surface area (Å²) >= 11 is 0. The van der Waals surface area contributed by atoms with Crippen LogP contribution in [0.25, 0.3) is 0 Å². The van der Waals surface area contributed by atoms with Crippen LogP contribution in [0.4, 0.5) is 0 Å². The van der Waals surface area contributed by atoms with E-state index in [1.54, 1.807) is 13.8 Å². The van der Waals surface area contributed by atoms with Crippen LogP contribution in [0.2, 0.25) is 0 Å². The van der Waals surface area contributed by atoms with E-state index in [1.165, 1.54) is 9.80 Å². The molecule has 0 unspecified atom stereocenters.